The molecule has 14 heteroatoms. The summed E-state index contributed by atoms with van der Waals surface area (Å²) in [5.74, 6) is -0.330. The van der Waals surface area contributed by atoms with Gasteiger partial charge in [0, 0.05) is 36.1 Å². The number of urea groups is 1. The van der Waals surface area contributed by atoms with Crippen molar-refractivity contribution in [3.63, 3.8) is 0 Å². The number of benzene rings is 2. The standard InChI is InChI=1S/C26H24FN7O5S/c1-15(2)34-13-22(25(32-34)16-4-7-23-21(10-16)29-14-38-23)31-26(35)30-20-6-5-17(11-19(20)27)39-18-8-9-28-24(12-18)33-40(3,36)37/h4-15H,1-3H3,(H,28,33)(H2,30,31,35). The van der Waals surface area contributed by atoms with Crippen LogP contribution in [0.1, 0.15) is 19.9 Å². The Kier molecular flexibility index (Phi) is 7.09. The predicted molar refractivity (Wildman–Crippen MR) is 147 cm³/mol. The Morgan fingerprint density at radius 3 is 2.55 bits per heavy atom. The van der Waals surface area contributed by atoms with Crippen molar-refractivity contribution in [3.05, 3.63) is 73.1 Å². The van der Waals surface area contributed by atoms with E-state index in [2.05, 4.69) is 30.4 Å². The molecule has 5 aromatic rings. The van der Waals surface area contributed by atoms with Crippen LogP contribution >= 0.6 is 0 Å². The van der Waals surface area contributed by atoms with E-state index in [0.29, 0.717) is 22.5 Å². The molecule has 0 unspecified atom stereocenters. The summed E-state index contributed by atoms with van der Waals surface area (Å²) in [5, 5.41) is 9.85. The average molecular weight is 566 g/mol. The highest BCUT2D eigenvalue weighted by molar-refractivity contribution is 7.92. The van der Waals surface area contributed by atoms with Gasteiger partial charge in [0.05, 0.1) is 17.6 Å². The number of halogens is 1. The lowest BCUT2D eigenvalue weighted by atomic mass is 10.1. The second kappa shape index (κ2) is 10.6. The molecule has 12 nitrogen and oxygen atoms in total. The Bertz CT molecular complexity index is 1820. The number of aromatic nitrogens is 4. The van der Waals surface area contributed by atoms with E-state index in [1.54, 1.807) is 23.0 Å². The summed E-state index contributed by atoms with van der Waals surface area (Å²) in [6.07, 6.45) is 5.39. The van der Waals surface area contributed by atoms with Crippen LogP contribution in [0.25, 0.3) is 22.4 Å². The summed E-state index contributed by atoms with van der Waals surface area (Å²) in [7, 11) is -3.53. The van der Waals surface area contributed by atoms with E-state index in [-0.39, 0.29) is 29.0 Å². The highest BCUT2D eigenvalue weighted by Gasteiger charge is 2.17. The van der Waals surface area contributed by atoms with Gasteiger partial charge >= 0.3 is 6.03 Å². The lowest BCUT2D eigenvalue weighted by Crippen LogP contribution is -2.20. The van der Waals surface area contributed by atoms with E-state index >= 15 is 0 Å². The molecule has 0 aliphatic rings. The van der Waals surface area contributed by atoms with E-state index in [1.165, 1.54) is 36.9 Å². The number of nitrogens with one attached hydrogen (secondary N) is 3. The first-order valence-electron chi connectivity index (χ1n) is 12.0. The Hall–Kier alpha value is -4.98. The molecular formula is C26H24FN7O5S. The van der Waals surface area contributed by atoms with Gasteiger partial charge in [0.15, 0.2) is 12.0 Å². The first kappa shape index (κ1) is 26.6. The highest BCUT2D eigenvalue weighted by Crippen LogP contribution is 2.31. The Morgan fingerprint density at radius 1 is 1.02 bits per heavy atom. The van der Waals surface area contributed by atoms with Gasteiger partial charge in [0.2, 0.25) is 10.0 Å². The van der Waals surface area contributed by atoms with Crippen molar-refractivity contribution < 1.29 is 26.8 Å². The summed E-state index contributed by atoms with van der Waals surface area (Å²) >= 11 is 0. The third-order valence-corrected chi connectivity index (χ3v) is 6.14. The van der Waals surface area contributed by atoms with Crippen molar-refractivity contribution in [3.8, 4) is 22.8 Å². The predicted octanol–water partition coefficient (Wildman–Crippen LogP) is 5.61. The number of anilines is 3. The Labute approximate surface area is 228 Å². The van der Waals surface area contributed by atoms with Crippen LogP contribution in [0.4, 0.5) is 26.4 Å². The van der Waals surface area contributed by atoms with Gasteiger partial charge in [-0.2, -0.15) is 5.10 Å². The molecular weight excluding hydrogens is 541 g/mol. The topological polar surface area (TPSA) is 153 Å². The fourth-order valence-electron chi connectivity index (χ4n) is 3.76. The number of oxazole rings is 1. The van der Waals surface area contributed by atoms with Gasteiger partial charge in [-0.1, -0.05) is 0 Å². The molecule has 5 rings (SSSR count). The third kappa shape index (κ3) is 6.18. The summed E-state index contributed by atoms with van der Waals surface area (Å²) in [5.41, 5.74) is 2.84. The zero-order valence-corrected chi connectivity index (χ0v) is 22.4. The number of fused-ring (bicyclic) bond motifs is 1. The fourth-order valence-corrected chi connectivity index (χ4v) is 4.25. The van der Waals surface area contributed by atoms with E-state index < -0.39 is 21.9 Å². The average Bonchev–Trinajstić information content (AvgIpc) is 3.51. The number of sulfonamides is 1. The maximum absolute atomic E-state index is 14.9. The van der Waals surface area contributed by atoms with Gasteiger partial charge in [-0.15, -0.1) is 0 Å². The van der Waals surface area contributed by atoms with Gasteiger partial charge in [0.1, 0.15) is 34.3 Å². The zero-order valence-electron chi connectivity index (χ0n) is 21.5. The van der Waals surface area contributed by atoms with Crippen LogP contribution in [0.2, 0.25) is 0 Å². The summed E-state index contributed by atoms with van der Waals surface area (Å²) in [4.78, 5) is 20.9. The van der Waals surface area contributed by atoms with Crippen molar-refractivity contribution >= 4 is 44.3 Å². The number of ether oxygens (including phenoxy) is 1. The van der Waals surface area contributed by atoms with Crippen molar-refractivity contribution in [1.29, 1.82) is 0 Å². The molecule has 0 atom stereocenters. The quantitative estimate of drug-likeness (QED) is 0.219. The smallest absolute Gasteiger partial charge is 0.323 e. The number of hydrogen-bond acceptors (Lipinski definition) is 8. The minimum Gasteiger partial charge on any atom is -0.457 e. The third-order valence-electron chi connectivity index (χ3n) is 5.56. The molecule has 0 saturated heterocycles. The van der Waals surface area contributed by atoms with Gasteiger partial charge < -0.3 is 19.8 Å². The van der Waals surface area contributed by atoms with Crippen molar-refractivity contribution in [2.75, 3.05) is 21.6 Å². The second-order valence-electron chi connectivity index (χ2n) is 9.07. The van der Waals surface area contributed by atoms with E-state index in [1.807, 2.05) is 19.9 Å². The number of hydrogen-bond donors (Lipinski definition) is 3. The molecule has 0 saturated carbocycles. The number of amides is 2. The maximum atomic E-state index is 14.9. The molecule has 3 heterocycles. The van der Waals surface area contributed by atoms with Crippen LogP contribution in [-0.4, -0.2) is 40.5 Å². The van der Waals surface area contributed by atoms with Crippen LogP contribution in [0.5, 0.6) is 11.5 Å². The zero-order chi connectivity index (χ0) is 28.4. The molecule has 0 radical (unpaired) electrons. The molecule has 40 heavy (non-hydrogen) atoms. The molecule has 3 N–H and O–H groups in total. The van der Waals surface area contributed by atoms with E-state index in [4.69, 9.17) is 9.15 Å². The first-order valence-corrected chi connectivity index (χ1v) is 13.9. The first-order chi connectivity index (χ1) is 19.0. The van der Waals surface area contributed by atoms with Crippen LogP contribution < -0.4 is 20.1 Å². The summed E-state index contributed by atoms with van der Waals surface area (Å²) < 4.78 is 52.6. The normalized spacial score (nSPS) is 11.5. The van der Waals surface area contributed by atoms with Gasteiger partial charge in [-0.25, -0.2) is 27.6 Å². The molecule has 206 valence electrons. The van der Waals surface area contributed by atoms with Crippen LogP contribution in [-0.2, 0) is 10.0 Å². The Balaban J connectivity index is 1.31. The SMILES string of the molecule is CC(C)n1cc(NC(=O)Nc2ccc(Oc3ccnc(NS(C)(=O)=O)c3)cc2F)c(-c2ccc3ocnc3c2)n1. The Morgan fingerprint density at radius 2 is 1.80 bits per heavy atom. The molecule has 0 spiro atoms. The molecule has 0 aliphatic carbocycles. The molecule has 0 aliphatic heterocycles. The van der Waals surface area contributed by atoms with Crippen LogP contribution in [0.3, 0.4) is 0 Å². The van der Waals surface area contributed by atoms with Crippen LogP contribution in [0, 0.1) is 5.82 Å². The molecule has 2 amide bonds. The molecule has 3 aromatic heterocycles. The van der Waals surface area contributed by atoms with Crippen molar-refractivity contribution in [2.45, 2.75) is 19.9 Å². The summed E-state index contributed by atoms with van der Waals surface area (Å²) in [6.45, 7) is 3.91. The second-order valence-corrected chi connectivity index (χ2v) is 10.8. The minimum absolute atomic E-state index is 0.0248. The van der Waals surface area contributed by atoms with E-state index in [0.717, 1.165) is 17.9 Å². The number of rotatable bonds is 8. The highest BCUT2D eigenvalue weighted by atomic mass is 32.2. The fraction of sp³-hybridized carbons (Fsp3) is 0.154. The lowest BCUT2D eigenvalue weighted by molar-refractivity contribution is 0.262. The molecule has 2 aromatic carbocycles. The largest absolute Gasteiger partial charge is 0.457 e. The van der Waals surface area contributed by atoms with Crippen molar-refractivity contribution in [1.82, 2.24) is 19.7 Å². The monoisotopic (exact) mass is 565 g/mol. The van der Waals surface area contributed by atoms with Crippen LogP contribution in [0.15, 0.2) is 71.7 Å². The van der Waals surface area contributed by atoms with Gasteiger partial charge in [-0.05, 0) is 50.2 Å². The number of pyridine rings is 1. The maximum Gasteiger partial charge on any atom is 0.323 e. The van der Waals surface area contributed by atoms with Gasteiger partial charge in [-0.3, -0.25) is 9.40 Å². The lowest BCUT2D eigenvalue weighted by Gasteiger charge is -2.11. The van der Waals surface area contributed by atoms with Crippen molar-refractivity contribution in [2.24, 2.45) is 0 Å². The molecule has 0 bridgehead atoms. The molecule has 0 fully saturated rings. The number of carbonyl (C=O) groups is 1. The number of carbonyl (C=O) groups excluding carboxylic acids is 1. The van der Waals surface area contributed by atoms with Gasteiger partial charge in [0.25, 0.3) is 0 Å². The van der Waals surface area contributed by atoms with E-state index in [9.17, 15) is 17.6 Å². The minimum atomic E-state index is -3.53. The summed E-state index contributed by atoms with van der Waals surface area (Å²) in [6, 6.07) is 11.5. The number of nitrogens with zero attached hydrogens (tertiary/aromatic N) is 4.